The van der Waals surface area contributed by atoms with Crippen LogP contribution >= 0.6 is 0 Å². The monoisotopic (exact) mass is 257 g/mol. The molecule has 2 atom stereocenters. The van der Waals surface area contributed by atoms with Crippen LogP contribution in [0.5, 0.6) is 0 Å². The van der Waals surface area contributed by atoms with E-state index in [4.69, 9.17) is 0 Å². The molecule has 0 aromatic heterocycles. The number of halogens is 1. The van der Waals surface area contributed by atoms with Gasteiger partial charge in [-0.15, -0.1) is 0 Å². The minimum absolute atomic E-state index is 0.0295. The molecule has 0 amide bonds. The van der Waals surface area contributed by atoms with E-state index in [-0.39, 0.29) is 23.2 Å². The number of rotatable bonds is 1. The average Bonchev–Trinajstić information content (AvgIpc) is 2.37. The van der Waals surface area contributed by atoms with E-state index < -0.39 is 15.9 Å². The summed E-state index contributed by atoms with van der Waals surface area (Å²) in [6, 6.07) is 5.88. The highest BCUT2D eigenvalue weighted by Gasteiger charge is 2.28. The van der Waals surface area contributed by atoms with Crippen molar-refractivity contribution in [2.75, 3.05) is 18.1 Å². The molecule has 1 aliphatic heterocycles. The first-order valence-corrected chi connectivity index (χ1v) is 7.48. The molecule has 17 heavy (non-hydrogen) atoms. The summed E-state index contributed by atoms with van der Waals surface area (Å²) in [6.45, 7) is 2.48. The van der Waals surface area contributed by atoms with Crippen LogP contribution in [-0.2, 0) is 9.84 Å². The minimum Gasteiger partial charge on any atom is -0.309 e. The van der Waals surface area contributed by atoms with E-state index in [2.05, 4.69) is 5.32 Å². The van der Waals surface area contributed by atoms with E-state index in [0.29, 0.717) is 12.1 Å². The molecule has 1 fully saturated rings. The second-order valence-electron chi connectivity index (χ2n) is 4.66. The van der Waals surface area contributed by atoms with Gasteiger partial charge in [0.1, 0.15) is 5.82 Å². The number of hydrogen-bond acceptors (Lipinski definition) is 3. The molecule has 2 unspecified atom stereocenters. The molecule has 0 aliphatic carbocycles. The SMILES string of the molecule is CC1CNC(c2ccccc2F)CS(=O)(=O)C1. The molecule has 1 saturated heterocycles. The Morgan fingerprint density at radius 2 is 2.00 bits per heavy atom. The van der Waals surface area contributed by atoms with Gasteiger partial charge in [-0.1, -0.05) is 25.1 Å². The van der Waals surface area contributed by atoms with Gasteiger partial charge < -0.3 is 5.32 Å². The fraction of sp³-hybridized carbons (Fsp3) is 0.500. The highest BCUT2D eigenvalue weighted by molar-refractivity contribution is 7.91. The van der Waals surface area contributed by atoms with Gasteiger partial charge in [0.2, 0.25) is 0 Å². The lowest BCUT2D eigenvalue weighted by Crippen LogP contribution is -2.27. The topological polar surface area (TPSA) is 46.2 Å². The Balaban J connectivity index is 2.30. The van der Waals surface area contributed by atoms with Crippen molar-refractivity contribution >= 4 is 9.84 Å². The Hall–Kier alpha value is -0.940. The number of nitrogens with one attached hydrogen (secondary N) is 1. The van der Waals surface area contributed by atoms with E-state index in [1.165, 1.54) is 6.07 Å². The lowest BCUT2D eigenvalue weighted by molar-refractivity contribution is 0.497. The van der Waals surface area contributed by atoms with Crippen molar-refractivity contribution in [3.63, 3.8) is 0 Å². The Morgan fingerprint density at radius 3 is 2.71 bits per heavy atom. The Kier molecular flexibility index (Phi) is 3.49. The maximum absolute atomic E-state index is 13.6. The molecule has 0 saturated carbocycles. The van der Waals surface area contributed by atoms with Crippen LogP contribution in [0.4, 0.5) is 4.39 Å². The summed E-state index contributed by atoms with van der Waals surface area (Å²) >= 11 is 0. The van der Waals surface area contributed by atoms with Crippen molar-refractivity contribution in [1.29, 1.82) is 0 Å². The fourth-order valence-corrected chi connectivity index (χ4v) is 4.10. The Bertz CT molecular complexity index is 501. The Morgan fingerprint density at radius 1 is 1.29 bits per heavy atom. The molecular formula is C12H16FNO2S. The molecule has 5 heteroatoms. The van der Waals surface area contributed by atoms with Gasteiger partial charge in [0.15, 0.2) is 9.84 Å². The van der Waals surface area contributed by atoms with E-state index >= 15 is 0 Å². The summed E-state index contributed by atoms with van der Waals surface area (Å²) in [5, 5.41) is 3.12. The maximum Gasteiger partial charge on any atom is 0.152 e. The van der Waals surface area contributed by atoms with Crippen LogP contribution in [0.15, 0.2) is 24.3 Å². The van der Waals surface area contributed by atoms with Crippen molar-refractivity contribution in [1.82, 2.24) is 5.32 Å². The zero-order valence-corrected chi connectivity index (χ0v) is 10.5. The van der Waals surface area contributed by atoms with E-state index in [9.17, 15) is 12.8 Å². The molecular weight excluding hydrogens is 241 g/mol. The normalized spacial score (nSPS) is 28.6. The first-order valence-electron chi connectivity index (χ1n) is 5.66. The second kappa shape index (κ2) is 4.74. The van der Waals surface area contributed by atoms with E-state index in [0.717, 1.165) is 0 Å². The molecule has 1 aliphatic rings. The van der Waals surface area contributed by atoms with E-state index in [1.807, 2.05) is 6.92 Å². The van der Waals surface area contributed by atoms with Gasteiger partial charge in [-0.2, -0.15) is 0 Å². The van der Waals surface area contributed by atoms with Gasteiger partial charge in [0.05, 0.1) is 11.5 Å². The van der Waals surface area contributed by atoms with Crippen molar-refractivity contribution < 1.29 is 12.8 Å². The number of hydrogen-bond donors (Lipinski definition) is 1. The van der Waals surface area contributed by atoms with E-state index in [1.54, 1.807) is 18.2 Å². The van der Waals surface area contributed by atoms with Crippen LogP contribution in [-0.4, -0.2) is 26.5 Å². The molecule has 1 aromatic rings. The predicted octanol–water partition coefficient (Wildman–Crippen LogP) is 1.52. The summed E-state index contributed by atoms with van der Waals surface area (Å²) < 4.78 is 37.2. The third-order valence-electron chi connectivity index (χ3n) is 2.95. The summed E-state index contributed by atoms with van der Waals surface area (Å²) in [5.74, 6) is -0.144. The highest BCUT2D eigenvalue weighted by Crippen LogP contribution is 2.22. The van der Waals surface area contributed by atoms with Gasteiger partial charge in [0, 0.05) is 11.6 Å². The predicted molar refractivity (Wildman–Crippen MR) is 65.0 cm³/mol. The number of sulfone groups is 1. The van der Waals surface area contributed by atoms with Crippen LogP contribution in [0.1, 0.15) is 18.5 Å². The molecule has 0 radical (unpaired) electrons. The van der Waals surface area contributed by atoms with Crippen LogP contribution in [0.3, 0.4) is 0 Å². The first kappa shape index (κ1) is 12.5. The summed E-state index contributed by atoms with van der Waals surface area (Å²) in [5.41, 5.74) is 0.435. The largest absolute Gasteiger partial charge is 0.309 e. The summed E-state index contributed by atoms with van der Waals surface area (Å²) in [6.07, 6.45) is 0. The molecule has 3 nitrogen and oxygen atoms in total. The summed E-state index contributed by atoms with van der Waals surface area (Å²) in [7, 11) is -3.11. The van der Waals surface area contributed by atoms with Gasteiger partial charge in [-0.05, 0) is 18.5 Å². The Labute approximate surface area is 101 Å². The van der Waals surface area contributed by atoms with Gasteiger partial charge >= 0.3 is 0 Å². The van der Waals surface area contributed by atoms with Crippen LogP contribution in [0.25, 0.3) is 0 Å². The molecule has 1 N–H and O–H groups in total. The van der Waals surface area contributed by atoms with Crippen molar-refractivity contribution in [3.8, 4) is 0 Å². The van der Waals surface area contributed by atoms with Crippen molar-refractivity contribution in [3.05, 3.63) is 35.6 Å². The lowest BCUT2D eigenvalue weighted by atomic mass is 10.1. The maximum atomic E-state index is 13.6. The standard InChI is InChI=1S/C12H16FNO2S/c1-9-6-14-12(8-17(15,16)7-9)10-4-2-3-5-11(10)13/h2-5,9,12,14H,6-8H2,1H3. The highest BCUT2D eigenvalue weighted by atomic mass is 32.2. The van der Waals surface area contributed by atoms with Crippen LogP contribution in [0, 0.1) is 11.7 Å². The van der Waals surface area contributed by atoms with Gasteiger partial charge in [-0.25, -0.2) is 12.8 Å². The van der Waals surface area contributed by atoms with Gasteiger partial charge in [0.25, 0.3) is 0 Å². The third kappa shape index (κ3) is 3.04. The zero-order chi connectivity index (χ0) is 12.5. The molecule has 1 aromatic carbocycles. The third-order valence-corrected chi connectivity index (χ3v) is 4.87. The lowest BCUT2D eigenvalue weighted by Gasteiger charge is -2.16. The molecule has 0 spiro atoms. The first-order chi connectivity index (χ1) is 7.98. The molecule has 94 valence electrons. The summed E-state index contributed by atoms with van der Waals surface area (Å²) in [4.78, 5) is 0. The smallest absolute Gasteiger partial charge is 0.152 e. The minimum atomic E-state index is -3.11. The van der Waals surface area contributed by atoms with Gasteiger partial charge in [-0.3, -0.25) is 0 Å². The average molecular weight is 257 g/mol. The van der Waals surface area contributed by atoms with Crippen LogP contribution < -0.4 is 5.32 Å². The van der Waals surface area contributed by atoms with Crippen molar-refractivity contribution in [2.24, 2.45) is 5.92 Å². The number of benzene rings is 1. The molecule has 1 heterocycles. The molecule has 2 rings (SSSR count). The zero-order valence-electron chi connectivity index (χ0n) is 9.69. The second-order valence-corrected chi connectivity index (χ2v) is 6.82. The molecule has 0 bridgehead atoms. The van der Waals surface area contributed by atoms with Crippen LogP contribution in [0.2, 0.25) is 0 Å². The fourth-order valence-electron chi connectivity index (χ4n) is 2.17. The quantitative estimate of drug-likeness (QED) is 0.829. The van der Waals surface area contributed by atoms with Crippen molar-refractivity contribution in [2.45, 2.75) is 13.0 Å².